The quantitative estimate of drug-likeness (QED) is 0.866. The van der Waals surface area contributed by atoms with Gasteiger partial charge in [-0.15, -0.1) is 0 Å². The lowest BCUT2D eigenvalue weighted by Crippen LogP contribution is -2.27. The minimum absolute atomic E-state index is 0.0193. The zero-order valence-corrected chi connectivity index (χ0v) is 14.3. The summed E-state index contributed by atoms with van der Waals surface area (Å²) >= 11 is 0. The second-order valence-electron chi connectivity index (χ2n) is 6.31. The number of aromatic carboxylic acids is 1. The van der Waals surface area contributed by atoms with Crippen molar-refractivity contribution in [2.75, 3.05) is 18.4 Å². The Morgan fingerprint density at radius 3 is 2.31 bits per heavy atom. The number of likely N-dealkylation sites (tertiary alicyclic amines) is 1. The summed E-state index contributed by atoms with van der Waals surface area (Å²) in [5.74, 6) is -1.25. The van der Waals surface area contributed by atoms with Crippen LogP contribution in [0.1, 0.15) is 39.1 Å². The monoisotopic (exact) mass is 352 g/mol. The zero-order valence-electron chi connectivity index (χ0n) is 14.3. The third kappa shape index (κ3) is 4.27. The van der Waals surface area contributed by atoms with Crippen LogP contribution >= 0.6 is 0 Å². The molecule has 0 saturated carbocycles. The van der Waals surface area contributed by atoms with Gasteiger partial charge in [-0.1, -0.05) is 12.1 Å². The number of hydrogen-bond donors (Lipinski definition) is 2. The Morgan fingerprint density at radius 1 is 0.962 bits per heavy atom. The molecule has 1 heterocycles. The standard InChI is InChI=1S/C20H20N2O4/c23-18(13-14-4-3-5-16(12-14)20(25)26)21-17-8-6-15(7-9-17)19(24)22-10-1-2-11-22/h3-9,12H,1-2,10-11,13H2,(H,21,23)(H,25,26). The maximum Gasteiger partial charge on any atom is 0.335 e. The van der Waals surface area contributed by atoms with Crippen LogP contribution in [0.15, 0.2) is 48.5 Å². The van der Waals surface area contributed by atoms with Gasteiger partial charge in [0.15, 0.2) is 0 Å². The summed E-state index contributed by atoms with van der Waals surface area (Å²) < 4.78 is 0. The Balaban J connectivity index is 1.60. The van der Waals surface area contributed by atoms with E-state index in [0.29, 0.717) is 16.8 Å². The summed E-state index contributed by atoms with van der Waals surface area (Å²) in [6.07, 6.45) is 2.17. The summed E-state index contributed by atoms with van der Waals surface area (Å²) in [7, 11) is 0. The Kier molecular flexibility index (Phi) is 5.31. The van der Waals surface area contributed by atoms with Crippen LogP contribution in [-0.4, -0.2) is 40.9 Å². The maximum absolute atomic E-state index is 12.3. The van der Waals surface area contributed by atoms with Gasteiger partial charge in [0.05, 0.1) is 12.0 Å². The lowest BCUT2D eigenvalue weighted by molar-refractivity contribution is -0.115. The number of carbonyl (C=O) groups is 3. The van der Waals surface area contributed by atoms with Gasteiger partial charge in [0, 0.05) is 24.3 Å². The third-order valence-electron chi connectivity index (χ3n) is 4.35. The summed E-state index contributed by atoms with van der Waals surface area (Å²) in [5, 5.41) is 11.8. The number of nitrogens with one attached hydrogen (secondary N) is 1. The average Bonchev–Trinajstić information content (AvgIpc) is 3.16. The Bertz CT molecular complexity index is 824. The molecule has 0 spiro atoms. The number of amides is 2. The van der Waals surface area contributed by atoms with Gasteiger partial charge in [-0.3, -0.25) is 9.59 Å². The molecule has 1 fully saturated rings. The van der Waals surface area contributed by atoms with Gasteiger partial charge < -0.3 is 15.3 Å². The van der Waals surface area contributed by atoms with Crippen LogP contribution in [0.4, 0.5) is 5.69 Å². The molecule has 1 aliphatic rings. The second kappa shape index (κ2) is 7.82. The van der Waals surface area contributed by atoms with Gasteiger partial charge >= 0.3 is 5.97 Å². The molecule has 134 valence electrons. The van der Waals surface area contributed by atoms with Gasteiger partial charge in [-0.2, -0.15) is 0 Å². The highest BCUT2D eigenvalue weighted by Gasteiger charge is 2.19. The number of hydrogen-bond acceptors (Lipinski definition) is 3. The van der Waals surface area contributed by atoms with Crippen molar-refractivity contribution in [2.24, 2.45) is 0 Å². The van der Waals surface area contributed by atoms with Crippen molar-refractivity contribution >= 4 is 23.5 Å². The van der Waals surface area contributed by atoms with E-state index >= 15 is 0 Å². The predicted molar refractivity (Wildman–Crippen MR) is 97.3 cm³/mol. The van der Waals surface area contributed by atoms with Crippen molar-refractivity contribution in [3.8, 4) is 0 Å². The lowest BCUT2D eigenvalue weighted by Gasteiger charge is -2.15. The predicted octanol–water partition coefficient (Wildman–Crippen LogP) is 2.80. The molecule has 3 rings (SSSR count). The fourth-order valence-electron chi connectivity index (χ4n) is 3.00. The van der Waals surface area contributed by atoms with Crippen molar-refractivity contribution in [3.05, 3.63) is 65.2 Å². The number of rotatable bonds is 5. The van der Waals surface area contributed by atoms with Crippen LogP contribution in [0, 0.1) is 0 Å². The number of anilines is 1. The molecule has 0 aromatic heterocycles. The molecule has 6 heteroatoms. The molecule has 0 bridgehead atoms. The van der Waals surface area contributed by atoms with E-state index in [1.807, 2.05) is 4.90 Å². The molecular formula is C20H20N2O4. The van der Waals surface area contributed by atoms with Crippen LogP contribution in [0.25, 0.3) is 0 Å². The summed E-state index contributed by atoms with van der Waals surface area (Å²) in [5.41, 5.74) is 1.99. The first-order valence-corrected chi connectivity index (χ1v) is 8.54. The van der Waals surface area contributed by atoms with Crippen LogP contribution < -0.4 is 5.32 Å². The normalized spacial score (nSPS) is 13.5. The van der Waals surface area contributed by atoms with Gasteiger partial charge in [-0.25, -0.2) is 4.79 Å². The van der Waals surface area contributed by atoms with E-state index in [-0.39, 0.29) is 23.8 Å². The van der Waals surface area contributed by atoms with Gasteiger partial charge in [0.1, 0.15) is 0 Å². The van der Waals surface area contributed by atoms with E-state index < -0.39 is 5.97 Å². The molecule has 1 saturated heterocycles. The molecule has 0 radical (unpaired) electrons. The molecule has 0 aliphatic carbocycles. The Morgan fingerprint density at radius 2 is 1.65 bits per heavy atom. The van der Waals surface area contributed by atoms with Crippen LogP contribution in [0.3, 0.4) is 0 Å². The molecule has 26 heavy (non-hydrogen) atoms. The van der Waals surface area contributed by atoms with Gasteiger partial charge in [0.25, 0.3) is 5.91 Å². The van der Waals surface area contributed by atoms with Crippen molar-refractivity contribution in [1.29, 1.82) is 0 Å². The third-order valence-corrected chi connectivity index (χ3v) is 4.35. The second-order valence-corrected chi connectivity index (χ2v) is 6.31. The molecule has 0 atom stereocenters. The number of nitrogens with zero attached hydrogens (tertiary/aromatic N) is 1. The fraction of sp³-hybridized carbons (Fsp3) is 0.250. The largest absolute Gasteiger partial charge is 0.478 e. The molecule has 2 amide bonds. The first kappa shape index (κ1) is 17.7. The van der Waals surface area contributed by atoms with Crippen molar-refractivity contribution in [1.82, 2.24) is 4.90 Å². The minimum atomic E-state index is -1.02. The average molecular weight is 352 g/mol. The van der Waals surface area contributed by atoms with E-state index in [1.54, 1.807) is 36.4 Å². The number of carboxylic acids is 1. The Labute approximate surface area is 151 Å². The van der Waals surface area contributed by atoms with Crippen molar-refractivity contribution < 1.29 is 19.5 Å². The smallest absolute Gasteiger partial charge is 0.335 e. The molecular weight excluding hydrogens is 332 g/mol. The van der Waals surface area contributed by atoms with Gasteiger partial charge in [0.2, 0.25) is 5.91 Å². The molecule has 2 N–H and O–H groups in total. The fourth-order valence-corrected chi connectivity index (χ4v) is 3.00. The molecule has 0 unspecified atom stereocenters. The number of benzene rings is 2. The van der Waals surface area contributed by atoms with E-state index in [0.717, 1.165) is 25.9 Å². The van der Waals surface area contributed by atoms with Crippen LogP contribution in [-0.2, 0) is 11.2 Å². The van der Waals surface area contributed by atoms with E-state index in [4.69, 9.17) is 5.11 Å². The SMILES string of the molecule is O=C(Cc1cccc(C(=O)O)c1)Nc1ccc(C(=O)N2CCCC2)cc1. The molecule has 6 nitrogen and oxygen atoms in total. The summed E-state index contributed by atoms with van der Waals surface area (Å²) in [6, 6.07) is 13.1. The molecule has 1 aliphatic heterocycles. The number of carbonyl (C=O) groups excluding carboxylic acids is 2. The topological polar surface area (TPSA) is 86.7 Å². The highest BCUT2D eigenvalue weighted by Crippen LogP contribution is 2.16. The van der Waals surface area contributed by atoms with Gasteiger partial charge in [-0.05, 0) is 54.8 Å². The minimum Gasteiger partial charge on any atom is -0.478 e. The van der Waals surface area contributed by atoms with E-state index in [9.17, 15) is 14.4 Å². The van der Waals surface area contributed by atoms with Crippen molar-refractivity contribution in [2.45, 2.75) is 19.3 Å². The first-order valence-electron chi connectivity index (χ1n) is 8.54. The Hall–Kier alpha value is -3.15. The summed E-state index contributed by atoms with van der Waals surface area (Å²) in [6.45, 7) is 1.60. The maximum atomic E-state index is 12.3. The summed E-state index contributed by atoms with van der Waals surface area (Å²) in [4.78, 5) is 37.3. The highest BCUT2D eigenvalue weighted by molar-refractivity contribution is 5.96. The van der Waals surface area contributed by atoms with Crippen LogP contribution in [0.5, 0.6) is 0 Å². The van der Waals surface area contributed by atoms with E-state index in [1.165, 1.54) is 12.1 Å². The molecule has 2 aromatic carbocycles. The van der Waals surface area contributed by atoms with E-state index in [2.05, 4.69) is 5.32 Å². The molecule has 2 aromatic rings. The lowest BCUT2D eigenvalue weighted by atomic mass is 10.1. The van der Waals surface area contributed by atoms with Crippen molar-refractivity contribution in [3.63, 3.8) is 0 Å². The zero-order chi connectivity index (χ0) is 18.5. The number of carboxylic acid groups (broad SMARTS) is 1. The van der Waals surface area contributed by atoms with Crippen LogP contribution in [0.2, 0.25) is 0 Å². The first-order chi connectivity index (χ1) is 12.5. The highest BCUT2D eigenvalue weighted by atomic mass is 16.4.